The maximum atomic E-state index is 14.4. The van der Waals surface area contributed by atoms with Crippen molar-refractivity contribution >= 4 is 17.5 Å². The van der Waals surface area contributed by atoms with Gasteiger partial charge < -0.3 is 19.3 Å². The molecule has 0 radical (unpaired) electrons. The molecule has 0 bridgehead atoms. The van der Waals surface area contributed by atoms with E-state index in [1.807, 2.05) is 0 Å². The van der Waals surface area contributed by atoms with Crippen LogP contribution in [0.3, 0.4) is 0 Å². The Labute approximate surface area is 211 Å². The summed E-state index contributed by atoms with van der Waals surface area (Å²) in [7, 11) is 1.53. The van der Waals surface area contributed by atoms with Crippen LogP contribution >= 0.6 is 0 Å². The Bertz CT molecular complexity index is 1150. The number of amides is 1. The molecule has 1 saturated heterocycles. The molecule has 0 saturated carbocycles. The van der Waals surface area contributed by atoms with Gasteiger partial charge in [-0.1, -0.05) is 12.1 Å². The topological polar surface area (TPSA) is 85.2 Å². The van der Waals surface area contributed by atoms with E-state index in [1.165, 1.54) is 35.0 Å². The van der Waals surface area contributed by atoms with E-state index in [4.69, 9.17) is 9.47 Å². The first-order chi connectivity index (χ1) is 17.2. The number of hydrogen-bond acceptors (Lipinski definition) is 6. The summed E-state index contributed by atoms with van der Waals surface area (Å²) < 4.78 is 67.9. The van der Waals surface area contributed by atoms with Crippen LogP contribution in [0.2, 0.25) is 0 Å². The van der Waals surface area contributed by atoms with Gasteiger partial charge in [0.05, 0.1) is 4.92 Å². The molecule has 0 spiro atoms. The van der Waals surface area contributed by atoms with Gasteiger partial charge in [-0.3, -0.25) is 10.1 Å². The maximum Gasteiger partial charge on any atom is 0.422 e. The summed E-state index contributed by atoms with van der Waals surface area (Å²) >= 11 is 0. The van der Waals surface area contributed by atoms with Crippen molar-refractivity contribution in [3.8, 4) is 11.5 Å². The van der Waals surface area contributed by atoms with Gasteiger partial charge in [-0.15, -0.1) is 0 Å². The first kappa shape index (κ1) is 28.0. The van der Waals surface area contributed by atoms with Crippen LogP contribution in [0.25, 0.3) is 0 Å². The van der Waals surface area contributed by atoms with Gasteiger partial charge in [-0.05, 0) is 57.7 Å². The first-order valence-corrected chi connectivity index (χ1v) is 11.7. The Morgan fingerprint density at radius 2 is 1.84 bits per heavy atom. The van der Waals surface area contributed by atoms with Crippen LogP contribution in [0.4, 0.5) is 33.7 Å². The van der Waals surface area contributed by atoms with E-state index in [1.54, 1.807) is 20.8 Å². The minimum Gasteiger partial charge on any atom is -0.454 e. The second kappa shape index (κ2) is 10.8. The lowest BCUT2D eigenvalue weighted by atomic mass is 9.95. The van der Waals surface area contributed by atoms with Crippen molar-refractivity contribution in [1.29, 1.82) is 0 Å². The van der Waals surface area contributed by atoms with Crippen molar-refractivity contribution < 1.29 is 36.8 Å². The van der Waals surface area contributed by atoms with E-state index in [2.05, 4.69) is 0 Å². The SMILES string of the molecule is CN(C[C@@H]1CCCN(c2c([N+](=O)[O-])ccc(Oc3ccccc3F)c2C(F)(F)F)C1)C(=O)OC(C)(C)C. The molecular weight excluding hydrogens is 498 g/mol. The number of para-hydroxylation sites is 1. The van der Waals surface area contributed by atoms with Crippen LogP contribution < -0.4 is 9.64 Å². The molecule has 37 heavy (non-hydrogen) atoms. The van der Waals surface area contributed by atoms with Crippen molar-refractivity contribution in [3.63, 3.8) is 0 Å². The number of nitro groups is 1. The molecule has 1 heterocycles. The largest absolute Gasteiger partial charge is 0.454 e. The van der Waals surface area contributed by atoms with Crippen LogP contribution in [0.15, 0.2) is 36.4 Å². The second-order valence-corrected chi connectivity index (χ2v) is 9.91. The molecule has 1 fully saturated rings. The summed E-state index contributed by atoms with van der Waals surface area (Å²) in [6.45, 7) is 5.49. The number of anilines is 1. The highest BCUT2D eigenvalue weighted by Gasteiger charge is 2.43. The minimum atomic E-state index is -5.04. The molecule has 8 nitrogen and oxygen atoms in total. The number of carbonyl (C=O) groups is 1. The fourth-order valence-corrected chi connectivity index (χ4v) is 4.25. The number of nitrogens with zero attached hydrogens (tertiary/aromatic N) is 3. The third kappa shape index (κ3) is 7.01. The Hall–Kier alpha value is -3.57. The molecule has 0 aliphatic carbocycles. The third-order valence-electron chi connectivity index (χ3n) is 5.73. The standard InChI is InChI=1S/C25H29F4N3O5/c1-24(2,3)37-23(33)30(4)14-16-8-7-13-31(15-16)22-18(32(34)35)11-12-20(21(22)25(27,28)29)36-19-10-6-5-9-17(19)26/h5-6,9-12,16H,7-8,13-15H2,1-4H3/t16-/m0/s1. The molecule has 0 unspecified atom stereocenters. The van der Waals surface area contributed by atoms with E-state index in [0.717, 1.165) is 18.2 Å². The second-order valence-electron chi connectivity index (χ2n) is 9.91. The van der Waals surface area contributed by atoms with E-state index >= 15 is 0 Å². The highest BCUT2D eigenvalue weighted by atomic mass is 19.4. The van der Waals surface area contributed by atoms with E-state index in [-0.39, 0.29) is 25.6 Å². The predicted molar refractivity (Wildman–Crippen MR) is 128 cm³/mol. The summed E-state index contributed by atoms with van der Waals surface area (Å²) in [6, 6.07) is 6.71. The van der Waals surface area contributed by atoms with Crippen LogP contribution in [-0.4, -0.2) is 48.2 Å². The van der Waals surface area contributed by atoms with E-state index < -0.39 is 57.0 Å². The molecular formula is C25H29F4N3O5. The lowest BCUT2D eigenvalue weighted by Gasteiger charge is -2.37. The number of alkyl halides is 3. The Kier molecular flexibility index (Phi) is 8.19. The van der Waals surface area contributed by atoms with Gasteiger partial charge in [0.15, 0.2) is 11.6 Å². The van der Waals surface area contributed by atoms with Crippen molar-refractivity contribution in [2.75, 3.05) is 31.6 Å². The number of piperidine rings is 1. The Balaban J connectivity index is 1.98. The zero-order valence-corrected chi connectivity index (χ0v) is 21.0. The average Bonchev–Trinajstić information content (AvgIpc) is 2.78. The van der Waals surface area contributed by atoms with Gasteiger partial charge in [-0.2, -0.15) is 13.2 Å². The first-order valence-electron chi connectivity index (χ1n) is 11.7. The molecule has 2 aromatic rings. The highest BCUT2D eigenvalue weighted by molar-refractivity contribution is 5.73. The van der Waals surface area contributed by atoms with Crippen molar-refractivity contribution in [2.45, 2.75) is 45.4 Å². The molecule has 2 aromatic carbocycles. The van der Waals surface area contributed by atoms with Crippen molar-refractivity contribution in [1.82, 2.24) is 4.90 Å². The van der Waals surface area contributed by atoms with Crippen LogP contribution in [0.5, 0.6) is 11.5 Å². The van der Waals surface area contributed by atoms with E-state index in [0.29, 0.717) is 12.8 Å². The van der Waals surface area contributed by atoms with Crippen molar-refractivity contribution in [2.24, 2.45) is 5.92 Å². The number of nitro benzene ring substituents is 1. The minimum absolute atomic E-state index is 0.0280. The summed E-state index contributed by atoms with van der Waals surface area (Å²) in [6.07, 6.45) is -4.57. The summed E-state index contributed by atoms with van der Waals surface area (Å²) in [5.74, 6) is -2.34. The highest BCUT2D eigenvalue weighted by Crippen LogP contribution is 2.49. The zero-order chi connectivity index (χ0) is 27.5. The number of hydrogen-bond donors (Lipinski definition) is 0. The molecule has 0 N–H and O–H groups in total. The molecule has 1 atom stereocenters. The quantitative estimate of drug-likeness (QED) is 0.238. The van der Waals surface area contributed by atoms with Crippen LogP contribution in [-0.2, 0) is 10.9 Å². The Morgan fingerprint density at radius 1 is 1.16 bits per heavy atom. The van der Waals surface area contributed by atoms with Crippen LogP contribution in [0.1, 0.15) is 39.2 Å². The fraction of sp³-hybridized carbons (Fsp3) is 0.480. The molecule has 12 heteroatoms. The molecule has 0 aromatic heterocycles. The lowest BCUT2D eigenvalue weighted by molar-refractivity contribution is -0.384. The van der Waals surface area contributed by atoms with Gasteiger partial charge in [0.25, 0.3) is 5.69 Å². The third-order valence-corrected chi connectivity index (χ3v) is 5.73. The van der Waals surface area contributed by atoms with Gasteiger partial charge in [0.1, 0.15) is 22.6 Å². The van der Waals surface area contributed by atoms with Crippen molar-refractivity contribution in [3.05, 3.63) is 57.9 Å². The van der Waals surface area contributed by atoms with Gasteiger partial charge >= 0.3 is 12.3 Å². The fourth-order valence-electron chi connectivity index (χ4n) is 4.25. The number of halogens is 4. The zero-order valence-electron chi connectivity index (χ0n) is 21.0. The maximum absolute atomic E-state index is 14.4. The average molecular weight is 528 g/mol. The summed E-state index contributed by atoms with van der Waals surface area (Å²) in [4.78, 5) is 25.9. The number of rotatable bonds is 6. The Morgan fingerprint density at radius 3 is 2.43 bits per heavy atom. The number of benzene rings is 2. The lowest BCUT2D eigenvalue weighted by Crippen LogP contribution is -2.43. The molecule has 1 aliphatic rings. The van der Waals surface area contributed by atoms with Crippen LogP contribution in [0, 0.1) is 21.8 Å². The smallest absolute Gasteiger partial charge is 0.422 e. The summed E-state index contributed by atoms with van der Waals surface area (Å²) in [5, 5.41) is 11.8. The van der Waals surface area contributed by atoms with Gasteiger partial charge in [-0.25, -0.2) is 9.18 Å². The normalized spacial score (nSPS) is 16.3. The van der Waals surface area contributed by atoms with Gasteiger partial charge in [0, 0.05) is 32.7 Å². The predicted octanol–water partition coefficient (Wildman–Crippen LogP) is 6.63. The molecule has 3 rings (SSSR count). The molecule has 1 aliphatic heterocycles. The monoisotopic (exact) mass is 527 g/mol. The number of carbonyl (C=O) groups excluding carboxylic acids is 1. The molecule has 202 valence electrons. The molecule has 1 amide bonds. The number of ether oxygens (including phenoxy) is 2. The summed E-state index contributed by atoms with van der Waals surface area (Å²) in [5.41, 5.74) is -3.46. The van der Waals surface area contributed by atoms with E-state index in [9.17, 15) is 32.5 Å². The van der Waals surface area contributed by atoms with Gasteiger partial charge in [0.2, 0.25) is 0 Å².